The molecule has 1 saturated heterocycles. The zero-order valence-electron chi connectivity index (χ0n) is 16.2. The topological polar surface area (TPSA) is 86.5 Å². The largest absolute Gasteiger partial charge is 0.381 e. The number of fused-ring (bicyclic) bond motifs is 3. The van der Waals surface area contributed by atoms with Crippen molar-refractivity contribution in [3.8, 4) is 11.1 Å². The molecule has 0 bridgehead atoms. The normalized spacial score (nSPS) is 15.8. The van der Waals surface area contributed by atoms with Gasteiger partial charge in [-0.25, -0.2) is 12.8 Å². The standard InChI is InChI=1S/C21H19FN4O3S/c1-30(27,28)15-3-4-17(22)16(11-15)14-2-5-18-19(10-14)26-20(12-23-18)24-25-21(26)13-6-8-29-9-7-13/h2-5,10-13H,6-9H2,1H3. The van der Waals surface area contributed by atoms with Gasteiger partial charge in [0, 0.05) is 31.0 Å². The first-order valence-corrected chi connectivity index (χ1v) is 11.5. The molecule has 2 aromatic heterocycles. The van der Waals surface area contributed by atoms with E-state index in [2.05, 4.69) is 15.2 Å². The van der Waals surface area contributed by atoms with Crippen LogP contribution in [0.3, 0.4) is 0 Å². The van der Waals surface area contributed by atoms with Gasteiger partial charge in [0.05, 0.1) is 22.1 Å². The van der Waals surface area contributed by atoms with E-state index in [0.717, 1.165) is 36.0 Å². The van der Waals surface area contributed by atoms with Crippen molar-refractivity contribution in [3.05, 3.63) is 54.2 Å². The zero-order valence-corrected chi connectivity index (χ0v) is 17.1. The Hall–Kier alpha value is -2.91. The molecule has 4 aromatic rings. The Morgan fingerprint density at radius 2 is 1.90 bits per heavy atom. The molecule has 0 amide bonds. The van der Waals surface area contributed by atoms with Gasteiger partial charge in [-0.15, -0.1) is 10.2 Å². The fraction of sp³-hybridized carbons (Fsp3) is 0.286. The van der Waals surface area contributed by atoms with Crippen LogP contribution in [0.1, 0.15) is 24.6 Å². The van der Waals surface area contributed by atoms with Gasteiger partial charge in [-0.2, -0.15) is 0 Å². The lowest BCUT2D eigenvalue weighted by Crippen LogP contribution is -2.16. The van der Waals surface area contributed by atoms with Crippen molar-refractivity contribution in [2.24, 2.45) is 0 Å². The van der Waals surface area contributed by atoms with Crippen molar-refractivity contribution < 1.29 is 17.5 Å². The third kappa shape index (κ3) is 3.23. The lowest BCUT2D eigenvalue weighted by molar-refractivity contribution is 0.0834. The van der Waals surface area contributed by atoms with Crippen LogP contribution in [0.25, 0.3) is 27.8 Å². The summed E-state index contributed by atoms with van der Waals surface area (Å²) in [6.45, 7) is 1.36. The van der Waals surface area contributed by atoms with Gasteiger partial charge in [0.2, 0.25) is 0 Å². The third-order valence-electron chi connectivity index (χ3n) is 5.51. The fourth-order valence-electron chi connectivity index (χ4n) is 3.92. The van der Waals surface area contributed by atoms with Crippen molar-refractivity contribution in [1.29, 1.82) is 0 Å². The predicted octanol–water partition coefficient (Wildman–Crippen LogP) is 3.38. The molecule has 0 saturated carbocycles. The Morgan fingerprint density at radius 1 is 1.10 bits per heavy atom. The van der Waals surface area contributed by atoms with Gasteiger partial charge in [-0.3, -0.25) is 9.38 Å². The number of rotatable bonds is 3. The van der Waals surface area contributed by atoms with E-state index in [0.29, 0.717) is 24.4 Å². The van der Waals surface area contributed by atoms with Crippen LogP contribution in [0.5, 0.6) is 0 Å². The second kappa shape index (κ2) is 7.10. The van der Waals surface area contributed by atoms with E-state index < -0.39 is 15.7 Å². The van der Waals surface area contributed by atoms with Gasteiger partial charge in [-0.1, -0.05) is 6.07 Å². The SMILES string of the molecule is CS(=O)(=O)c1ccc(F)c(-c2ccc3ncc4nnc(C5CCOCC5)n4c3c2)c1. The second-order valence-electron chi connectivity index (χ2n) is 7.51. The number of nitrogens with zero attached hydrogens (tertiary/aromatic N) is 4. The molecular weight excluding hydrogens is 407 g/mol. The fourth-order valence-corrected chi connectivity index (χ4v) is 4.57. The van der Waals surface area contributed by atoms with Gasteiger partial charge in [0.25, 0.3) is 0 Å². The number of hydrogen-bond donors (Lipinski definition) is 0. The van der Waals surface area contributed by atoms with E-state index in [9.17, 15) is 12.8 Å². The van der Waals surface area contributed by atoms with Crippen LogP contribution in [0.4, 0.5) is 4.39 Å². The van der Waals surface area contributed by atoms with Crippen LogP contribution in [-0.2, 0) is 14.6 Å². The molecule has 5 rings (SSSR count). The van der Waals surface area contributed by atoms with Crippen LogP contribution in [0.15, 0.2) is 47.5 Å². The summed E-state index contributed by atoms with van der Waals surface area (Å²) in [5, 5.41) is 8.67. The average molecular weight is 426 g/mol. The Morgan fingerprint density at radius 3 is 2.67 bits per heavy atom. The maximum Gasteiger partial charge on any atom is 0.179 e. The van der Waals surface area contributed by atoms with Crippen molar-refractivity contribution >= 4 is 26.5 Å². The molecule has 9 heteroatoms. The second-order valence-corrected chi connectivity index (χ2v) is 9.53. The Labute approximate surface area is 172 Å². The summed E-state index contributed by atoms with van der Waals surface area (Å²) in [6, 6.07) is 9.17. The van der Waals surface area contributed by atoms with Gasteiger partial charge >= 0.3 is 0 Å². The van der Waals surface area contributed by atoms with E-state index in [-0.39, 0.29) is 16.4 Å². The third-order valence-corrected chi connectivity index (χ3v) is 6.62. The van der Waals surface area contributed by atoms with Gasteiger partial charge in [0.1, 0.15) is 11.6 Å². The Bertz CT molecular complexity index is 1380. The average Bonchev–Trinajstić information content (AvgIpc) is 3.18. The molecule has 0 N–H and O–H groups in total. The zero-order chi connectivity index (χ0) is 20.9. The van der Waals surface area contributed by atoms with Gasteiger partial charge < -0.3 is 4.74 Å². The summed E-state index contributed by atoms with van der Waals surface area (Å²) in [5.41, 5.74) is 2.87. The minimum absolute atomic E-state index is 0.0718. The van der Waals surface area contributed by atoms with E-state index in [1.807, 2.05) is 10.5 Å². The van der Waals surface area contributed by atoms with E-state index in [1.54, 1.807) is 18.3 Å². The molecule has 0 aliphatic carbocycles. The monoisotopic (exact) mass is 426 g/mol. The van der Waals surface area contributed by atoms with Crippen LogP contribution < -0.4 is 0 Å². The highest BCUT2D eigenvalue weighted by molar-refractivity contribution is 7.90. The first-order valence-electron chi connectivity index (χ1n) is 9.63. The van der Waals surface area contributed by atoms with Crippen molar-refractivity contribution in [2.45, 2.75) is 23.7 Å². The quantitative estimate of drug-likeness (QED) is 0.467. The molecule has 1 aliphatic rings. The number of hydrogen-bond acceptors (Lipinski definition) is 6. The van der Waals surface area contributed by atoms with Crippen molar-refractivity contribution in [3.63, 3.8) is 0 Å². The number of aromatic nitrogens is 4. The number of ether oxygens (including phenoxy) is 1. The molecule has 0 spiro atoms. The lowest BCUT2D eigenvalue weighted by Gasteiger charge is -2.20. The summed E-state index contributed by atoms with van der Waals surface area (Å²) in [5.74, 6) is 0.562. The molecule has 30 heavy (non-hydrogen) atoms. The minimum Gasteiger partial charge on any atom is -0.381 e. The van der Waals surface area contributed by atoms with E-state index in [1.165, 1.54) is 18.2 Å². The predicted molar refractivity (Wildman–Crippen MR) is 110 cm³/mol. The van der Waals surface area contributed by atoms with Crippen molar-refractivity contribution in [1.82, 2.24) is 19.6 Å². The lowest BCUT2D eigenvalue weighted by atomic mass is 9.99. The first kappa shape index (κ1) is 19.1. The summed E-state index contributed by atoms with van der Waals surface area (Å²) < 4.78 is 45.9. The molecule has 0 unspecified atom stereocenters. The highest BCUT2D eigenvalue weighted by atomic mass is 32.2. The van der Waals surface area contributed by atoms with E-state index >= 15 is 0 Å². The summed E-state index contributed by atoms with van der Waals surface area (Å²) in [7, 11) is -3.46. The van der Waals surface area contributed by atoms with Crippen LogP contribution in [-0.4, -0.2) is 47.5 Å². The summed E-state index contributed by atoms with van der Waals surface area (Å²) >= 11 is 0. The molecule has 154 valence electrons. The molecule has 1 aliphatic heterocycles. The van der Waals surface area contributed by atoms with Gasteiger partial charge in [-0.05, 0) is 48.7 Å². The smallest absolute Gasteiger partial charge is 0.179 e. The van der Waals surface area contributed by atoms with Gasteiger partial charge in [0.15, 0.2) is 15.5 Å². The molecule has 2 aromatic carbocycles. The number of halogens is 1. The van der Waals surface area contributed by atoms with Crippen LogP contribution in [0.2, 0.25) is 0 Å². The molecule has 0 atom stereocenters. The maximum atomic E-state index is 14.6. The molecule has 1 fully saturated rings. The number of benzene rings is 2. The van der Waals surface area contributed by atoms with E-state index in [4.69, 9.17) is 4.74 Å². The molecule has 7 nitrogen and oxygen atoms in total. The maximum absolute atomic E-state index is 14.6. The first-order chi connectivity index (χ1) is 14.4. The Kier molecular flexibility index (Phi) is 4.52. The number of sulfone groups is 1. The highest BCUT2D eigenvalue weighted by Crippen LogP contribution is 2.31. The molecule has 3 heterocycles. The summed E-state index contributed by atoms with van der Waals surface area (Å²) in [4.78, 5) is 4.52. The molecule has 0 radical (unpaired) electrons. The summed E-state index contributed by atoms with van der Waals surface area (Å²) in [6.07, 6.45) is 4.49. The van der Waals surface area contributed by atoms with Crippen LogP contribution >= 0.6 is 0 Å². The Balaban J connectivity index is 1.72. The molecular formula is C21H19FN4O3S. The van der Waals surface area contributed by atoms with Crippen LogP contribution in [0, 0.1) is 5.82 Å². The minimum atomic E-state index is -3.46. The highest BCUT2D eigenvalue weighted by Gasteiger charge is 2.23. The van der Waals surface area contributed by atoms with Crippen molar-refractivity contribution in [2.75, 3.05) is 19.5 Å².